The fraction of sp³-hybridized carbons (Fsp3) is 0.500. The number of amides is 2. The van der Waals surface area contributed by atoms with Crippen LogP contribution in [0.3, 0.4) is 0 Å². The van der Waals surface area contributed by atoms with Crippen molar-refractivity contribution in [1.82, 2.24) is 10.2 Å². The van der Waals surface area contributed by atoms with Crippen molar-refractivity contribution in [2.24, 2.45) is 0 Å². The first kappa shape index (κ1) is 14.6. The van der Waals surface area contributed by atoms with Crippen LogP contribution in [0.15, 0.2) is 24.3 Å². The molecule has 0 saturated carbocycles. The Hall–Kier alpha value is -1.84. The number of hydrogen-bond donors (Lipinski definition) is 1. The summed E-state index contributed by atoms with van der Waals surface area (Å²) in [7, 11) is 0. The van der Waals surface area contributed by atoms with Gasteiger partial charge in [-0.15, -0.1) is 0 Å². The van der Waals surface area contributed by atoms with Gasteiger partial charge >= 0.3 is 0 Å². The molecular formula is C16H22N2O2. The molecule has 0 aromatic heterocycles. The molecule has 2 rings (SSSR count). The van der Waals surface area contributed by atoms with E-state index in [1.807, 2.05) is 56.9 Å². The van der Waals surface area contributed by atoms with Crippen molar-refractivity contribution in [3.05, 3.63) is 35.4 Å². The zero-order valence-corrected chi connectivity index (χ0v) is 12.6. The fourth-order valence-corrected chi connectivity index (χ4v) is 2.54. The lowest BCUT2D eigenvalue weighted by atomic mass is 10.1. The van der Waals surface area contributed by atoms with Crippen molar-refractivity contribution in [2.75, 3.05) is 6.54 Å². The SMILES string of the molecule is Cc1ccccc1C(=O)NC1CC(=O)N(C(C)(C)C)C1. The van der Waals surface area contributed by atoms with Gasteiger partial charge in [0.05, 0.1) is 6.04 Å². The largest absolute Gasteiger partial charge is 0.347 e. The lowest BCUT2D eigenvalue weighted by Crippen LogP contribution is -2.44. The second-order valence-electron chi connectivity index (χ2n) is 6.36. The Morgan fingerprint density at radius 3 is 2.50 bits per heavy atom. The van der Waals surface area contributed by atoms with Gasteiger partial charge in [0, 0.05) is 24.1 Å². The fourth-order valence-electron chi connectivity index (χ4n) is 2.54. The number of carbonyl (C=O) groups is 2. The molecule has 0 aliphatic carbocycles. The van der Waals surface area contributed by atoms with Crippen molar-refractivity contribution in [2.45, 2.75) is 45.7 Å². The first-order valence-electron chi connectivity index (χ1n) is 6.96. The Morgan fingerprint density at radius 1 is 1.30 bits per heavy atom. The van der Waals surface area contributed by atoms with E-state index >= 15 is 0 Å². The van der Waals surface area contributed by atoms with Crippen LogP contribution in [0, 0.1) is 6.92 Å². The molecule has 1 unspecified atom stereocenters. The van der Waals surface area contributed by atoms with E-state index in [4.69, 9.17) is 0 Å². The van der Waals surface area contributed by atoms with E-state index in [9.17, 15) is 9.59 Å². The monoisotopic (exact) mass is 274 g/mol. The molecule has 1 aromatic carbocycles. The number of nitrogens with one attached hydrogen (secondary N) is 1. The van der Waals surface area contributed by atoms with Gasteiger partial charge in [-0.1, -0.05) is 18.2 Å². The highest BCUT2D eigenvalue weighted by molar-refractivity contribution is 5.96. The van der Waals surface area contributed by atoms with Gasteiger partial charge in [-0.3, -0.25) is 9.59 Å². The molecule has 0 bridgehead atoms. The van der Waals surface area contributed by atoms with Crippen molar-refractivity contribution in [3.8, 4) is 0 Å². The van der Waals surface area contributed by atoms with E-state index in [1.54, 1.807) is 0 Å². The Labute approximate surface area is 120 Å². The summed E-state index contributed by atoms with van der Waals surface area (Å²) in [6.45, 7) is 8.53. The summed E-state index contributed by atoms with van der Waals surface area (Å²) >= 11 is 0. The molecule has 1 N–H and O–H groups in total. The van der Waals surface area contributed by atoms with Gasteiger partial charge in [0.1, 0.15) is 0 Å². The van der Waals surface area contributed by atoms with E-state index in [2.05, 4.69) is 5.32 Å². The number of likely N-dealkylation sites (tertiary alicyclic amines) is 1. The van der Waals surface area contributed by atoms with Gasteiger partial charge in [-0.25, -0.2) is 0 Å². The molecule has 4 heteroatoms. The number of carbonyl (C=O) groups excluding carboxylic acids is 2. The Balaban J connectivity index is 2.04. The van der Waals surface area contributed by atoms with Crippen molar-refractivity contribution < 1.29 is 9.59 Å². The molecule has 1 aromatic rings. The molecule has 20 heavy (non-hydrogen) atoms. The highest BCUT2D eigenvalue weighted by Gasteiger charge is 2.36. The van der Waals surface area contributed by atoms with Crippen LogP contribution in [0.4, 0.5) is 0 Å². The van der Waals surface area contributed by atoms with Gasteiger partial charge in [0.15, 0.2) is 0 Å². The summed E-state index contributed by atoms with van der Waals surface area (Å²) in [5, 5.41) is 2.97. The number of benzene rings is 1. The summed E-state index contributed by atoms with van der Waals surface area (Å²) in [4.78, 5) is 26.1. The zero-order valence-electron chi connectivity index (χ0n) is 12.6. The number of nitrogens with zero attached hydrogens (tertiary/aromatic N) is 1. The number of aryl methyl sites for hydroxylation is 1. The van der Waals surface area contributed by atoms with Crippen molar-refractivity contribution in [3.63, 3.8) is 0 Å². The summed E-state index contributed by atoms with van der Waals surface area (Å²) in [6, 6.07) is 7.38. The van der Waals surface area contributed by atoms with Gasteiger partial charge in [-0.2, -0.15) is 0 Å². The zero-order chi connectivity index (χ0) is 14.9. The molecule has 2 amide bonds. The molecule has 1 fully saturated rings. The third-order valence-electron chi connectivity index (χ3n) is 3.66. The van der Waals surface area contributed by atoms with E-state index in [1.165, 1.54) is 0 Å². The summed E-state index contributed by atoms with van der Waals surface area (Å²) in [5.74, 6) is 0.00393. The summed E-state index contributed by atoms with van der Waals surface area (Å²) in [5.41, 5.74) is 1.43. The average molecular weight is 274 g/mol. The van der Waals surface area contributed by atoms with Crippen LogP contribution in [0.2, 0.25) is 0 Å². The third kappa shape index (κ3) is 3.00. The van der Waals surface area contributed by atoms with E-state index in [0.717, 1.165) is 5.56 Å². The lowest BCUT2D eigenvalue weighted by Gasteiger charge is -2.32. The lowest BCUT2D eigenvalue weighted by molar-refractivity contribution is -0.131. The van der Waals surface area contributed by atoms with Crippen molar-refractivity contribution >= 4 is 11.8 Å². The first-order chi connectivity index (χ1) is 9.29. The predicted octanol–water partition coefficient (Wildman–Crippen LogP) is 2.12. The molecule has 108 valence electrons. The molecule has 1 aliphatic heterocycles. The maximum atomic E-state index is 12.2. The minimum Gasteiger partial charge on any atom is -0.347 e. The molecule has 1 saturated heterocycles. The summed E-state index contributed by atoms with van der Waals surface area (Å²) in [6.07, 6.45) is 0.384. The molecule has 4 nitrogen and oxygen atoms in total. The topological polar surface area (TPSA) is 49.4 Å². The standard InChI is InChI=1S/C16H22N2O2/c1-11-7-5-6-8-13(11)15(20)17-12-9-14(19)18(10-12)16(2,3)4/h5-8,12H,9-10H2,1-4H3,(H,17,20). The Kier molecular flexibility index (Phi) is 3.84. The normalized spacial score (nSPS) is 19.3. The molecule has 0 radical (unpaired) electrons. The van der Waals surface area contributed by atoms with Crippen LogP contribution >= 0.6 is 0 Å². The molecule has 1 aliphatic rings. The minimum atomic E-state index is -0.195. The molecule has 0 spiro atoms. The quantitative estimate of drug-likeness (QED) is 0.898. The molecular weight excluding hydrogens is 252 g/mol. The highest BCUT2D eigenvalue weighted by atomic mass is 16.2. The van der Waals surface area contributed by atoms with Gasteiger partial charge in [-0.05, 0) is 39.3 Å². The van der Waals surface area contributed by atoms with Crippen molar-refractivity contribution in [1.29, 1.82) is 0 Å². The van der Waals surface area contributed by atoms with E-state index in [-0.39, 0.29) is 23.4 Å². The average Bonchev–Trinajstić information content (AvgIpc) is 2.70. The maximum Gasteiger partial charge on any atom is 0.251 e. The Bertz CT molecular complexity index is 532. The van der Waals surface area contributed by atoms with E-state index < -0.39 is 0 Å². The second-order valence-corrected chi connectivity index (χ2v) is 6.36. The van der Waals surface area contributed by atoms with Crippen LogP contribution < -0.4 is 5.32 Å². The molecule has 1 atom stereocenters. The van der Waals surface area contributed by atoms with Gasteiger partial charge in [0.2, 0.25) is 5.91 Å². The van der Waals surface area contributed by atoms with Gasteiger partial charge in [0.25, 0.3) is 5.91 Å². The van der Waals surface area contributed by atoms with Crippen LogP contribution in [0.5, 0.6) is 0 Å². The Morgan fingerprint density at radius 2 is 1.95 bits per heavy atom. The van der Waals surface area contributed by atoms with E-state index in [0.29, 0.717) is 18.5 Å². The highest BCUT2D eigenvalue weighted by Crippen LogP contribution is 2.22. The second kappa shape index (κ2) is 5.27. The molecule has 1 heterocycles. The smallest absolute Gasteiger partial charge is 0.251 e. The van der Waals surface area contributed by atoms with Crippen LogP contribution in [-0.2, 0) is 4.79 Å². The van der Waals surface area contributed by atoms with Crippen LogP contribution in [-0.4, -0.2) is 34.8 Å². The van der Waals surface area contributed by atoms with Gasteiger partial charge < -0.3 is 10.2 Å². The third-order valence-corrected chi connectivity index (χ3v) is 3.66. The maximum absolute atomic E-state index is 12.2. The van der Waals surface area contributed by atoms with Crippen LogP contribution in [0.25, 0.3) is 0 Å². The summed E-state index contributed by atoms with van der Waals surface area (Å²) < 4.78 is 0. The predicted molar refractivity (Wildman–Crippen MR) is 78.5 cm³/mol. The minimum absolute atomic E-state index is 0.100. The first-order valence-corrected chi connectivity index (χ1v) is 6.96. The van der Waals surface area contributed by atoms with Crippen LogP contribution in [0.1, 0.15) is 43.1 Å². The number of rotatable bonds is 2. The number of hydrogen-bond acceptors (Lipinski definition) is 2.